The van der Waals surface area contributed by atoms with Crippen LogP contribution in [0.5, 0.6) is 0 Å². The molecule has 18 heavy (non-hydrogen) atoms. The van der Waals surface area contributed by atoms with Crippen LogP contribution in [-0.4, -0.2) is 5.60 Å². The lowest BCUT2D eigenvalue weighted by molar-refractivity contribution is -0.0194. The minimum absolute atomic E-state index is 0.105. The first-order valence-electron chi connectivity index (χ1n) is 7.79. The minimum Gasteiger partial charge on any atom is -0.421 e. The van der Waals surface area contributed by atoms with Crippen LogP contribution in [0.4, 0.5) is 0 Å². The van der Waals surface area contributed by atoms with Crippen LogP contribution < -0.4 is 0 Å². The standard InChI is InChI=1S/C16H29NO/c1-3-4-5-6-7-8-11-16(18-14-17)12-9-15(2)10-13-16/h15H,3-13H2,1-2H3. The van der Waals surface area contributed by atoms with E-state index in [1.807, 2.05) is 6.26 Å². The lowest BCUT2D eigenvalue weighted by atomic mass is 9.77. The second-order valence-electron chi connectivity index (χ2n) is 6.08. The Morgan fingerprint density at radius 2 is 1.72 bits per heavy atom. The number of nitriles is 1. The highest BCUT2D eigenvalue weighted by atomic mass is 16.5. The van der Waals surface area contributed by atoms with Crippen LogP contribution in [0.15, 0.2) is 0 Å². The van der Waals surface area contributed by atoms with Gasteiger partial charge in [-0.2, -0.15) is 5.26 Å². The zero-order valence-corrected chi connectivity index (χ0v) is 12.2. The fourth-order valence-corrected chi connectivity index (χ4v) is 3.02. The largest absolute Gasteiger partial charge is 0.421 e. The highest BCUT2D eigenvalue weighted by molar-refractivity contribution is 4.88. The summed E-state index contributed by atoms with van der Waals surface area (Å²) in [6.07, 6.45) is 15.5. The molecule has 0 aromatic heterocycles. The van der Waals surface area contributed by atoms with Crippen LogP contribution >= 0.6 is 0 Å². The van der Waals surface area contributed by atoms with Crippen molar-refractivity contribution in [1.82, 2.24) is 0 Å². The van der Waals surface area contributed by atoms with Crippen molar-refractivity contribution >= 4 is 0 Å². The van der Waals surface area contributed by atoms with Gasteiger partial charge >= 0.3 is 0 Å². The lowest BCUT2D eigenvalue weighted by Crippen LogP contribution is -2.35. The Hall–Kier alpha value is -0.710. The van der Waals surface area contributed by atoms with Gasteiger partial charge in [0.15, 0.2) is 0 Å². The van der Waals surface area contributed by atoms with Gasteiger partial charge in [-0.15, -0.1) is 0 Å². The molecule has 0 aromatic carbocycles. The molecule has 2 heteroatoms. The molecule has 2 nitrogen and oxygen atoms in total. The molecule has 0 radical (unpaired) electrons. The maximum Gasteiger partial charge on any atom is 0.286 e. The summed E-state index contributed by atoms with van der Waals surface area (Å²) in [7, 11) is 0. The van der Waals surface area contributed by atoms with Crippen molar-refractivity contribution in [1.29, 1.82) is 5.26 Å². The van der Waals surface area contributed by atoms with E-state index in [1.165, 1.54) is 51.4 Å². The minimum atomic E-state index is -0.105. The van der Waals surface area contributed by atoms with E-state index in [4.69, 9.17) is 10.00 Å². The van der Waals surface area contributed by atoms with Gasteiger partial charge in [0.2, 0.25) is 0 Å². The number of hydrogen-bond acceptors (Lipinski definition) is 2. The second-order valence-corrected chi connectivity index (χ2v) is 6.08. The molecule has 1 rings (SSSR count). The van der Waals surface area contributed by atoms with E-state index in [1.54, 1.807) is 0 Å². The van der Waals surface area contributed by atoms with Crippen LogP contribution in [0.3, 0.4) is 0 Å². The predicted molar refractivity (Wildman–Crippen MR) is 75.1 cm³/mol. The Balaban J connectivity index is 2.24. The van der Waals surface area contributed by atoms with Gasteiger partial charge in [0.05, 0.1) is 0 Å². The Labute approximate surface area is 113 Å². The van der Waals surface area contributed by atoms with Gasteiger partial charge in [-0.1, -0.05) is 46.0 Å². The van der Waals surface area contributed by atoms with Gasteiger partial charge in [0.25, 0.3) is 6.26 Å². The average molecular weight is 251 g/mol. The first kappa shape index (κ1) is 15.3. The first-order valence-corrected chi connectivity index (χ1v) is 7.79. The van der Waals surface area contributed by atoms with Crippen LogP contribution in [0, 0.1) is 17.4 Å². The van der Waals surface area contributed by atoms with Crippen molar-refractivity contribution in [3.05, 3.63) is 0 Å². The van der Waals surface area contributed by atoms with E-state index in [2.05, 4.69) is 13.8 Å². The fraction of sp³-hybridized carbons (Fsp3) is 0.938. The molecule has 1 fully saturated rings. The van der Waals surface area contributed by atoms with Crippen molar-refractivity contribution < 1.29 is 4.74 Å². The fourth-order valence-electron chi connectivity index (χ4n) is 3.02. The summed E-state index contributed by atoms with van der Waals surface area (Å²) < 4.78 is 5.45. The number of rotatable bonds is 8. The van der Waals surface area contributed by atoms with Crippen molar-refractivity contribution in [3.8, 4) is 6.26 Å². The molecule has 0 atom stereocenters. The van der Waals surface area contributed by atoms with Crippen LogP contribution in [-0.2, 0) is 4.74 Å². The molecule has 1 aliphatic carbocycles. The van der Waals surface area contributed by atoms with Gasteiger partial charge in [-0.25, -0.2) is 0 Å². The molecule has 1 aliphatic rings. The summed E-state index contributed by atoms with van der Waals surface area (Å²) in [4.78, 5) is 0. The Kier molecular flexibility index (Phi) is 7.16. The predicted octanol–water partition coefficient (Wildman–Crippen LogP) is 5.18. The Bertz CT molecular complexity index is 248. The summed E-state index contributed by atoms with van der Waals surface area (Å²) in [5.41, 5.74) is -0.105. The summed E-state index contributed by atoms with van der Waals surface area (Å²) >= 11 is 0. The van der Waals surface area contributed by atoms with Crippen molar-refractivity contribution in [2.75, 3.05) is 0 Å². The van der Waals surface area contributed by atoms with Crippen LogP contribution in [0.2, 0.25) is 0 Å². The van der Waals surface area contributed by atoms with E-state index in [0.29, 0.717) is 0 Å². The van der Waals surface area contributed by atoms with Crippen LogP contribution in [0.25, 0.3) is 0 Å². The highest BCUT2D eigenvalue weighted by Gasteiger charge is 2.35. The summed E-state index contributed by atoms with van der Waals surface area (Å²) in [6.45, 7) is 4.56. The van der Waals surface area contributed by atoms with Crippen molar-refractivity contribution in [3.63, 3.8) is 0 Å². The smallest absolute Gasteiger partial charge is 0.286 e. The molecule has 0 saturated heterocycles. The maximum absolute atomic E-state index is 8.85. The Morgan fingerprint density at radius 3 is 2.33 bits per heavy atom. The molecule has 0 heterocycles. The molecule has 0 amide bonds. The van der Waals surface area contributed by atoms with E-state index in [9.17, 15) is 0 Å². The first-order chi connectivity index (χ1) is 8.72. The van der Waals surface area contributed by atoms with Crippen molar-refractivity contribution in [2.45, 2.75) is 90.1 Å². The van der Waals surface area contributed by atoms with E-state index in [0.717, 1.165) is 25.2 Å². The van der Waals surface area contributed by atoms with Gasteiger partial charge < -0.3 is 4.74 Å². The summed E-state index contributed by atoms with van der Waals surface area (Å²) in [5.74, 6) is 0.810. The van der Waals surface area contributed by atoms with Crippen LogP contribution in [0.1, 0.15) is 84.5 Å². The molecular formula is C16H29NO. The number of unbranched alkanes of at least 4 members (excludes halogenated alkanes) is 5. The van der Waals surface area contributed by atoms with Gasteiger partial charge in [-0.3, -0.25) is 0 Å². The maximum atomic E-state index is 8.85. The third-order valence-electron chi connectivity index (χ3n) is 4.43. The van der Waals surface area contributed by atoms with E-state index >= 15 is 0 Å². The topological polar surface area (TPSA) is 33.0 Å². The van der Waals surface area contributed by atoms with Gasteiger partial charge in [-0.05, 0) is 44.4 Å². The monoisotopic (exact) mass is 251 g/mol. The van der Waals surface area contributed by atoms with Gasteiger partial charge in [0, 0.05) is 0 Å². The van der Waals surface area contributed by atoms with Gasteiger partial charge in [0.1, 0.15) is 5.60 Å². The van der Waals surface area contributed by atoms with E-state index in [-0.39, 0.29) is 5.60 Å². The zero-order valence-electron chi connectivity index (χ0n) is 12.2. The number of hydrogen-bond donors (Lipinski definition) is 0. The quantitative estimate of drug-likeness (QED) is 0.439. The molecule has 0 aliphatic heterocycles. The third-order valence-corrected chi connectivity index (χ3v) is 4.43. The molecule has 0 bridgehead atoms. The van der Waals surface area contributed by atoms with E-state index < -0.39 is 0 Å². The second kappa shape index (κ2) is 8.40. The summed E-state index contributed by atoms with van der Waals surface area (Å²) in [5, 5.41) is 8.85. The molecule has 1 saturated carbocycles. The zero-order chi connectivity index (χ0) is 13.3. The molecule has 0 spiro atoms. The molecule has 0 unspecified atom stereocenters. The normalized spacial score (nSPS) is 27.7. The molecule has 104 valence electrons. The average Bonchev–Trinajstić information content (AvgIpc) is 2.38. The highest BCUT2D eigenvalue weighted by Crippen LogP contribution is 2.38. The van der Waals surface area contributed by atoms with Crippen molar-refractivity contribution in [2.24, 2.45) is 5.92 Å². The lowest BCUT2D eigenvalue weighted by Gasteiger charge is -2.37. The SMILES string of the molecule is CCCCCCCCC1(OC#N)CCC(C)CC1. The Morgan fingerprint density at radius 1 is 1.11 bits per heavy atom. The number of ether oxygens (including phenoxy) is 1. The summed E-state index contributed by atoms with van der Waals surface area (Å²) in [6, 6.07) is 0. The molecule has 0 aromatic rings. The number of nitrogens with zero attached hydrogens (tertiary/aromatic N) is 1. The third kappa shape index (κ3) is 5.29. The molecular weight excluding hydrogens is 222 g/mol. The molecule has 0 N–H and O–H groups in total.